The topological polar surface area (TPSA) is 72.8 Å². The highest BCUT2D eigenvalue weighted by molar-refractivity contribution is 5.88. The Morgan fingerprint density at radius 3 is 2.83 bits per heavy atom. The first-order valence-electron chi connectivity index (χ1n) is 5.88. The Labute approximate surface area is 107 Å². The van der Waals surface area contributed by atoms with Crippen molar-refractivity contribution in [2.45, 2.75) is 13.0 Å². The van der Waals surface area contributed by atoms with Crippen LogP contribution >= 0.6 is 0 Å². The number of amides is 1. The minimum absolute atomic E-state index is 0.0646. The number of nitrogens with one attached hydrogen (secondary N) is 1. The van der Waals surface area contributed by atoms with E-state index in [1.54, 1.807) is 18.2 Å². The fourth-order valence-corrected chi connectivity index (χ4v) is 1.69. The lowest BCUT2D eigenvalue weighted by atomic mass is 10.1. The fourth-order valence-electron chi connectivity index (χ4n) is 1.69. The van der Waals surface area contributed by atoms with Gasteiger partial charge in [-0.05, 0) is 24.7 Å². The lowest BCUT2D eigenvalue weighted by molar-refractivity contribution is -0.114. The highest BCUT2D eigenvalue weighted by atomic mass is 16.3. The molecule has 5 heteroatoms. The SMILES string of the molecule is CC(=O)Nc1cccc(C(O)CN(C)CCO)c1. The normalized spacial score (nSPS) is 12.5. The van der Waals surface area contributed by atoms with E-state index < -0.39 is 6.10 Å². The summed E-state index contributed by atoms with van der Waals surface area (Å²) < 4.78 is 0. The van der Waals surface area contributed by atoms with Gasteiger partial charge in [0.15, 0.2) is 0 Å². The summed E-state index contributed by atoms with van der Waals surface area (Å²) in [7, 11) is 1.83. The van der Waals surface area contributed by atoms with E-state index in [1.165, 1.54) is 6.92 Å². The molecule has 0 fully saturated rings. The molecule has 0 aromatic heterocycles. The van der Waals surface area contributed by atoms with Gasteiger partial charge in [-0.15, -0.1) is 0 Å². The maximum Gasteiger partial charge on any atom is 0.221 e. The Balaban J connectivity index is 2.67. The minimum atomic E-state index is -0.643. The highest BCUT2D eigenvalue weighted by Gasteiger charge is 2.11. The van der Waals surface area contributed by atoms with Crippen LogP contribution in [-0.2, 0) is 4.79 Å². The second-order valence-corrected chi connectivity index (χ2v) is 4.31. The standard InChI is InChI=1S/C13H20N2O3/c1-10(17)14-12-5-3-4-11(8-12)13(18)9-15(2)6-7-16/h3-5,8,13,16,18H,6-7,9H2,1-2H3,(H,14,17). The zero-order chi connectivity index (χ0) is 13.5. The molecule has 0 radical (unpaired) electrons. The molecule has 0 aliphatic carbocycles. The van der Waals surface area contributed by atoms with Crippen LogP contribution in [0.2, 0.25) is 0 Å². The Kier molecular flexibility index (Phi) is 5.77. The molecule has 18 heavy (non-hydrogen) atoms. The predicted octanol–water partition coefficient (Wildman–Crippen LogP) is 0.602. The Hall–Kier alpha value is -1.43. The molecule has 1 unspecified atom stereocenters. The van der Waals surface area contributed by atoms with E-state index in [0.29, 0.717) is 18.8 Å². The van der Waals surface area contributed by atoms with Crippen LogP contribution in [0.5, 0.6) is 0 Å². The molecule has 0 aliphatic heterocycles. The number of carbonyl (C=O) groups is 1. The Bertz CT molecular complexity index is 396. The number of aliphatic hydroxyl groups excluding tert-OH is 2. The van der Waals surface area contributed by atoms with Gasteiger partial charge in [-0.2, -0.15) is 0 Å². The number of anilines is 1. The molecule has 1 atom stereocenters. The molecule has 0 aliphatic rings. The number of rotatable bonds is 6. The summed E-state index contributed by atoms with van der Waals surface area (Å²) in [5.41, 5.74) is 1.41. The van der Waals surface area contributed by atoms with Crippen LogP contribution in [0.1, 0.15) is 18.6 Å². The smallest absolute Gasteiger partial charge is 0.221 e. The number of carbonyl (C=O) groups excluding carboxylic acids is 1. The first-order valence-corrected chi connectivity index (χ1v) is 5.88. The fraction of sp³-hybridized carbons (Fsp3) is 0.462. The molecule has 0 spiro atoms. The van der Waals surface area contributed by atoms with Crippen LogP contribution in [0.3, 0.4) is 0 Å². The summed E-state index contributed by atoms with van der Waals surface area (Å²) in [6, 6.07) is 7.12. The molecule has 1 aromatic carbocycles. The maximum atomic E-state index is 10.9. The van der Waals surface area contributed by atoms with Gasteiger partial charge in [0, 0.05) is 25.7 Å². The average Bonchev–Trinajstić information content (AvgIpc) is 2.28. The van der Waals surface area contributed by atoms with Gasteiger partial charge in [0.25, 0.3) is 0 Å². The van der Waals surface area contributed by atoms with Crippen molar-refractivity contribution in [3.63, 3.8) is 0 Å². The summed E-state index contributed by atoms with van der Waals surface area (Å²) in [5.74, 6) is -0.140. The van der Waals surface area contributed by atoms with Crippen molar-refractivity contribution in [1.29, 1.82) is 0 Å². The molecule has 0 bridgehead atoms. The molecule has 1 rings (SSSR count). The van der Waals surface area contributed by atoms with Gasteiger partial charge in [-0.25, -0.2) is 0 Å². The molecule has 3 N–H and O–H groups in total. The molecule has 0 saturated carbocycles. The van der Waals surface area contributed by atoms with Crippen molar-refractivity contribution in [2.24, 2.45) is 0 Å². The van der Waals surface area contributed by atoms with Gasteiger partial charge in [0.05, 0.1) is 12.7 Å². The van der Waals surface area contributed by atoms with Gasteiger partial charge in [-0.3, -0.25) is 4.79 Å². The number of hydrogen-bond donors (Lipinski definition) is 3. The van der Waals surface area contributed by atoms with Crippen molar-refractivity contribution >= 4 is 11.6 Å². The number of likely N-dealkylation sites (N-methyl/N-ethyl adjacent to an activating group) is 1. The van der Waals surface area contributed by atoms with E-state index in [9.17, 15) is 9.90 Å². The molecule has 100 valence electrons. The van der Waals surface area contributed by atoms with Crippen molar-refractivity contribution in [2.75, 3.05) is 32.1 Å². The third-order valence-electron chi connectivity index (χ3n) is 2.56. The number of nitrogens with zero attached hydrogens (tertiary/aromatic N) is 1. The summed E-state index contributed by atoms with van der Waals surface area (Å²) in [5, 5.41) is 21.5. The van der Waals surface area contributed by atoms with Gasteiger partial charge < -0.3 is 20.4 Å². The van der Waals surface area contributed by atoms with Gasteiger partial charge in [0.2, 0.25) is 5.91 Å². The van der Waals surface area contributed by atoms with Crippen molar-refractivity contribution < 1.29 is 15.0 Å². The first-order chi connectivity index (χ1) is 8.52. The van der Waals surface area contributed by atoms with Crippen LogP contribution in [0.15, 0.2) is 24.3 Å². The third-order valence-corrected chi connectivity index (χ3v) is 2.56. The monoisotopic (exact) mass is 252 g/mol. The van der Waals surface area contributed by atoms with E-state index in [1.807, 2.05) is 18.0 Å². The maximum absolute atomic E-state index is 10.9. The largest absolute Gasteiger partial charge is 0.395 e. The second-order valence-electron chi connectivity index (χ2n) is 4.31. The van der Waals surface area contributed by atoms with Gasteiger partial charge in [-0.1, -0.05) is 12.1 Å². The summed E-state index contributed by atoms with van der Waals surface area (Å²) in [6.45, 7) is 2.46. The van der Waals surface area contributed by atoms with E-state index in [2.05, 4.69) is 5.32 Å². The van der Waals surface area contributed by atoms with E-state index in [-0.39, 0.29) is 12.5 Å². The van der Waals surface area contributed by atoms with E-state index in [0.717, 1.165) is 5.56 Å². The van der Waals surface area contributed by atoms with Gasteiger partial charge >= 0.3 is 0 Å². The van der Waals surface area contributed by atoms with Crippen LogP contribution < -0.4 is 5.32 Å². The molecule has 1 amide bonds. The molecular weight excluding hydrogens is 232 g/mol. The van der Waals surface area contributed by atoms with Crippen LogP contribution in [0, 0.1) is 0 Å². The van der Waals surface area contributed by atoms with Crippen LogP contribution in [-0.4, -0.2) is 47.8 Å². The van der Waals surface area contributed by atoms with E-state index >= 15 is 0 Å². The Morgan fingerprint density at radius 2 is 2.22 bits per heavy atom. The molecular formula is C13H20N2O3. The van der Waals surface area contributed by atoms with Crippen LogP contribution in [0.25, 0.3) is 0 Å². The molecule has 5 nitrogen and oxygen atoms in total. The molecule has 1 aromatic rings. The predicted molar refractivity (Wildman–Crippen MR) is 70.3 cm³/mol. The Morgan fingerprint density at radius 1 is 1.50 bits per heavy atom. The second kappa shape index (κ2) is 7.10. The molecule has 0 saturated heterocycles. The summed E-state index contributed by atoms with van der Waals surface area (Å²) in [4.78, 5) is 12.8. The zero-order valence-electron chi connectivity index (χ0n) is 10.8. The van der Waals surface area contributed by atoms with Crippen molar-refractivity contribution in [3.8, 4) is 0 Å². The minimum Gasteiger partial charge on any atom is -0.395 e. The summed E-state index contributed by atoms with van der Waals surface area (Å²) >= 11 is 0. The summed E-state index contributed by atoms with van der Waals surface area (Å²) in [6.07, 6.45) is -0.643. The zero-order valence-corrected chi connectivity index (χ0v) is 10.8. The first kappa shape index (κ1) is 14.6. The number of hydrogen-bond acceptors (Lipinski definition) is 4. The van der Waals surface area contributed by atoms with Gasteiger partial charge in [0.1, 0.15) is 0 Å². The lowest BCUT2D eigenvalue weighted by Gasteiger charge is -2.20. The quantitative estimate of drug-likeness (QED) is 0.693. The lowest BCUT2D eigenvalue weighted by Crippen LogP contribution is -2.27. The van der Waals surface area contributed by atoms with Crippen molar-refractivity contribution in [1.82, 2.24) is 4.90 Å². The van der Waals surface area contributed by atoms with E-state index in [4.69, 9.17) is 5.11 Å². The third kappa shape index (κ3) is 4.83. The van der Waals surface area contributed by atoms with Crippen molar-refractivity contribution in [3.05, 3.63) is 29.8 Å². The highest BCUT2D eigenvalue weighted by Crippen LogP contribution is 2.18. The van der Waals surface area contributed by atoms with Crippen LogP contribution in [0.4, 0.5) is 5.69 Å². The average molecular weight is 252 g/mol. The molecule has 0 heterocycles. The number of aliphatic hydroxyl groups is 2. The number of benzene rings is 1.